The van der Waals surface area contributed by atoms with Gasteiger partial charge in [-0.2, -0.15) is 0 Å². The minimum absolute atomic E-state index is 0.0151. The van der Waals surface area contributed by atoms with Crippen molar-refractivity contribution in [1.82, 2.24) is 4.90 Å². The Kier molecular flexibility index (Phi) is 6.09. The summed E-state index contributed by atoms with van der Waals surface area (Å²) in [5, 5.41) is 0. The number of amidine groups is 1. The zero-order valence-electron chi connectivity index (χ0n) is 17.8. The molecule has 1 N–H and O–H groups in total. The second-order valence-corrected chi connectivity index (χ2v) is 9.73. The van der Waals surface area contributed by atoms with Crippen LogP contribution in [-0.2, 0) is 23.0 Å². The molecule has 4 rings (SSSR count). The molecule has 0 saturated heterocycles. The molecule has 3 aromatic carbocycles. The molecule has 31 heavy (non-hydrogen) atoms. The van der Waals surface area contributed by atoms with Gasteiger partial charge >= 0.3 is 0 Å². The maximum atomic E-state index is 11.4. The number of aliphatic imine (C=N–C) groups is 1. The minimum Gasteiger partial charge on any atom is -0.359 e. The number of nitrogens with one attached hydrogen (secondary N) is 1. The molecule has 1 aliphatic rings. The van der Waals surface area contributed by atoms with E-state index in [2.05, 4.69) is 65.2 Å². The molecule has 0 aliphatic carbocycles. The molecule has 0 bridgehead atoms. The van der Waals surface area contributed by atoms with Gasteiger partial charge in [-0.1, -0.05) is 66.7 Å². The highest BCUT2D eigenvalue weighted by Crippen LogP contribution is 2.32. The minimum atomic E-state index is -3.27. The highest BCUT2D eigenvalue weighted by atomic mass is 32.2. The van der Waals surface area contributed by atoms with E-state index in [1.807, 2.05) is 18.2 Å². The van der Waals surface area contributed by atoms with Crippen LogP contribution in [0.2, 0.25) is 0 Å². The van der Waals surface area contributed by atoms with E-state index in [1.165, 1.54) is 16.7 Å². The quantitative estimate of drug-likeness (QED) is 0.617. The van der Waals surface area contributed by atoms with Crippen LogP contribution in [0, 0.1) is 0 Å². The number of rotatable bonds is 6. The number of hydrogen-bond acceptors (Lipinski definition) is 4. The lowest BCUT2D eigenvalue weighted by Gasteiger charge is -2.20. The van der Waals surface area contributed by atoms with Gasteiger partial charge in [-0.15, -0.1) is 0 Å². The monoisotopic (exact) mass is 433 g/mol. The number of benzene rings is 3. The smallest absolute Gasteiger partial charge is 0.229 e. The van der Waals surface area contributed by atoms with E-state index in [0.29, 0.717) is 5.69 Å². The third-order valence-electron chi connectivity index (χ3n) is 5.49. The Hall–Kier alpha value is -3.12. The zero-order valence-corrected chi connectivity index (χ0v) is 18.6. The van der Waals surface area contributed by atoms with Crippen molar-refractivity contribution in [2.45, 2.75) is 25.4 Å². The molecule has 3 aromatic rings. The standard InChI is InChI=1S/C25H27N3O2S/c1-28-18-21-10-6-7-11-23(21)25(20-8-4-3-5-9-20)26-24(28)17-14-19-12-15-22(16-13-19)27-31(2,29)30/h3-13,15-16,25,27H,14,17-18H2,1-2H3. The van der Waals surface area contributed by atoms with E-state index in [4.69, 9.17) is 4.99 Å². The van der Waals surface area contributed by atoms with Gasteiger partial charge < -0.3 is 4.90 Å². The predicted molar refractivity (Wildman–Crippen MR) is 127 cm³/mol. The van der Waals surface area contributed by atoms with Gasteiger partial charge in [0.2, 0.25) is 10.0 Å². The van der Waals surface area contributed by atoms with Crippen molar-refractivity contribution in [3.05, 3.63) is 101 Å². The summed E-state index contributed by atoms with van der Waals surface area (Å²) < 4.78 is 25.3. The Morgan fingerprint density at radius 1 is 0.935 bits per heavy atom. The summed E-state index contributed by atoms with van der Waals surface area (Å²) in [4.78, 5) is 7.44. The first-order valence-corrected chi connectivity index (χ1v) is 12.3. The van der Waals surface area contributed by atoms with E-state index in [1.54, 1.807) is 12.1 Å². The van der Waals surface area contributed by atoms with Crippen molar-refractivity contribution in [1.29, 1.82) is 0 Å². The second kappa shape index (κ2) is 8.94. The fourth-order valence-electron chi connectivity index (χ4n) is 3.96. The predicted octanol–water partition coefficient (Wildman–Crippen LogP) is 4.62. The van der Waals surface area contributed by atoms with E-state index < -0.39 is 10.0 Å². The van der Waals surface area contributed by atoms with Crippen molar-refractivity contribution in [3.8, 4) is 0 Å². The highest BCUT2D eigenvalue weighted by Gasteiger charge is 2.23. The van der Waals surface area contributed by atoms with Gasteiger partial charge in [0, 0.05) is 25.7 Å². The summed E-state index contributed by atoms with van der Waals surface area (Å²) in [6.45, 7) is 0.829. The molecule has 6 heteroatoms. The Labute approximate surface area is 184 Å². The Morgan fingerprint density at radius 3 is 2.32 bits per heavy atom. The topological polar surface area (TPSA) is 61.8 Å². The molecule has 1 atom stereocenters. The van der Waals surface area contributed by atoms with Crippen LogP contribution in [-0.4, -0.2) is 32.5 Å². The first-order chi connectivity index (χ1) is 14.9. The molecule has 5 nitrogen and oxygen atoms in total. The second-order valence-electron chi connectivity index (χ2n) is 7.98. The van der Waals surface area contributed by atoms with Crippen LogP contribution in [0.5, 0.6) is 0 Å². The van der Waals surface area contributed by atoms with Gasteiger partial charge in [-0.3, -0.25) is 9.71 Å². The highest BCUT2D eigenvalue weighted by molar-refractivity contribution is 7.92. The van der Waals surface area contributed by atoms with Crippen LogP contribution < -0.4 is 4.72 Å². The Morgan fingerprint density at radius 2 is 1.61 bits per heavy atom. The first-order valence-electron chi connectivity index (χ1n) is 10.4. The molecular formula is C25H27N3O2S. The van der Waals surface area contributed by atoms with Gasteiger partial charge in [0.05, 0.1) is 6.26 Å². The SMILES string of the molecule is CN1Cc2ccccc2C(c2ccccc2)N=C1CCc1ccc(NS(C)(=O)=O)cc1. The van der Waals surface area contributed by atoms with Crippen LogP contribution in [0.15, 0.2) is 83.9 Å². The number of sulfonamides is 1. The summed E-state index contributed by atoms with van der Waals surface area (Å²) in [6, 6.07) is 26.5. The number of aryl methyl sites for hydroxylation is 1. The number of hydrogen-bond donors (Lipinski definition) is 1. The van der Waals surface area contributed by atoms with Crippen molar-refractivity contribution < 1.29 is 8.42 Å². The molecule has 160 valence electrons. The molecule has 0 radical (unpaired) electrons. The van der Waals surface area contributed by atoms with Crippen LogP contribution in [0.25, 0.3) is 0 Å². The largest absolute Gasteiger partial charge is 0.359 e. The summed E-state index contributed by atoms with van der Waals surface area (Å²) in [5.74, 6) is 1.07. The molecule has 1 heterocycles. The number of anilines is 1. The number of fused-ring (bicyclic) bond motifs is 1. The molecule has 1 aliphatic heterocycles. The van der Waals surface area contributed by atoms with Gasteiger partial charge in [0.15, 0.2) is 0 Å². The van der Waals surface area contributed by atoms with Crippen LogP contribution >= 0.6 is 0 Å². The fourth-order valence-corrected chi connectivity index (χ4v) is 4.53. The first kappa shape index (κ1) is 21.1. The number of nitrogens with zero attached hydrogens (tertiary/aromatic N) is 2. The molecular weight excluding hydrogens is 406 g/mol. The maximum absolute atomic E-state index is 11.4. The fraction of sp³-hybridized carbons (Fsp3) is 0.240. The van der Waals surface area contributed by atoms with Gasteiger partial charge in [-0.25, -0.2) is 8.42 Å². The van der Waals surface area contributed by atoms with Crippen LogP contribution in [0.3, 0.4) is 0 Å². The third kappa shape index (κ3) is 5.33. The lowest BCUT2D eigenvalue weighted by Crippen LogP contribution is -2.26. The average Bonchev–Trinajstić information content (AvgIpc) is 2.89. The van der Waals surface area contributed by atoms with Crippen molar-refractivity contribution in [2.75, 3.05) is 18.0 Å². The Bertz CT molecular complexity index is 1170. The molecule has 1 unspecified atom stereocenters. The van der Waals surface area contributed by atoms with Crippen molar-refractivity contribution >= 4 is 21.5 Å². The normalized spacial score (nSPS) is 16.3. The third-order valence-corrected chi connectivity index (χ3v) is 6.09. The van der Waals surface area contributed by atoms with E-state index >= 15 is 0 Å². The van der Waals surface area contributed by atoms with Crippen molar-refractivity contribution in [3.63, 3.8) is 0 Å². The van der Waals surface area contributed by atoms with E-state index in [9.17, 15) is 8.42 Å². The molecule has 0 fully saturated rings. The molecule has 0 saturated carbocycles. The van der Waals surface area contributed by atoms with E-state index in [-0.39, 0.29) is 6.04 Å². The molecule has 0 amide bonds. The zero-order chi connectivity index (χ0) is 21.8. The summed E-state index contributed by atoms with van der Waals surface area (Å²) in [5.41, 5.74) is 5.47. The molecule has 0 aromatic heterocycles. The van der Waals surface area contributed by atoms with Crippen LogP contribution in [0.1, 0.15) is 34.7 Å². The van der Waals surface area contributed by atoms with Gasteiger partial charge in [-0.05, 0) is 40.8 Å². The summed E-state index contributed by atoms with van der Waals surface area (Å²) >= 11 is 0. The van der Waals surface area contributed by atoms with Gasteiger partial charge in [0.1, 0.15) is 11.9 Å². The lowest BCUT2D eigenvalue weighted by molar-refractivity contribution is 0.490. The summed E-state index contributed by atoms with van der Waals surface area (Å²) in [7, 11) is -1.17. The van der Waals surface area contributed by atoms with Gasteiger partial charge in [0.25, 0.3) is 0 Å². The van der Waals surface area contributed by atoms with Crippen molar-refractivity contribution in [2.24, 2.45) is 4.99 Å². The maximum Gasteiger partial charge on any atom is 0.229 e. The molecule has 0 spiro atoms. The average molecular weight is 434 g/mol. The van der Waals surface area contributed by atoms with E-state index in [0.717, 1.165) is 37.0 Å². The summed E-state index contributed by atoms with van der Waals surface area (Å²) in [6.07, 6.45) is 2.80. The van der Waals surface area contributed by atoms with Crippen LogP contribution in [0.4, 0.5) is 5.69 Å². The lowest BCUT2D eigenvalue weighted by atomic mass is 9.95. The Balaban J connectivity index is 1.57.